The van der Waals surface area contributed by atoms with Gasteiger partial charge in [0.25, 0.3) is 0 Å². The van der Waals surface area contributed by atoms with E-state index in [0.717, 1.165) is 0 Å². The molecular weight excluding hydrogens is 344 g/mol. The molecule has 0 spiro atoms. The zero-order valence-corrected chi connectivity index (χ0v) is 14.4. The van der Waals surface area contributed by atoms with Crippen molar-refractivity contribution in [2.24, 2.45) is 0 Å². The molecule has 0 fully saturated rings. The van der Waals surface area contributed by atoms with E-state index in [4.69, 9.17) is 20.8 Å². The molecule has 1 heterocycles. The monoisotopic (exact) mass is 358 g/mol. The number of carbonyl (C=O) groups excluding carboxylic acids is 1. The molecule has 1 aromatic heterocycles. The van der Waals surface area contributed by atoms with Gasteiger partial charge >= 0.3 is 5.97 Å². The van der Waals surface area contributed by atoms with Gasteiger partial charge in [0.05, 0.1) is 17.6 Å². The summed E-state index contributed by atoms with van der Waals surface area (Å²) in [7, 11) is 0. The van der Waals surface area contributed by atoms with Gasteiger partial charge in [0.1, 0.15) is 22.7 Å². The van der Waals surface area contributed by atoms with Crippen LogP contribution in [0.15, 0.2) is 45.6 Å². The van der Waals surface area contributed by atoms with E-state index in [1.807, 2.05) is 0 Å². The van der Waals surface area contributed by atoms with Gasteiger partial charge in [-0.15, -0.1) is 0 Å². The summed E-state index contributed by atoms with van der Waals surface area (Å²) in [6.45, 7) is 3.46. The number of hydrogen-bond acceptors (Lipinski definition) is 5. The molecule has 0 aliphatic carbocycles. The van der Waals surface area contributed by atoms with Crippen LogP contribution in [-0.4, -0.2) is 17.7 Å². The zero-order chi connectivity index (χ0) is 18.1. The lowest BCUT2D eigenvalue weighted by molar-refractivity contribution is 0.0523. The van der Waals surface area contributed by atoms with Crippen LogP contribution in [-0.2, 0) is 4.74 Å². The van der Waals surface area contributed by atoms with Crippen molar-refractivity contribution in [3.8, 4) is 17.1 Å². The Morgan fingerprint density at radius 3 is 2.76 bits per heavy atom. The molecule has 0 atom stereocenters. The molecule has 0 radical (unpaired) electrons. The minimum absolute atomic E-state index is 0.00703. The standard InChI is InChI=1S/C19H15ClO5/c1-3-24-19(23)14-6-4-5-13(17(14)22)18-10(2)16(21)12-8-7-11(20)9-15(12)25-18/h4-9,22H,3H2,1-2H3. The van der Waals surface area contributed by atoms with Gasteiger partial charge in [-0.3, -0.25) is 4.79 Å². The topological polar surface area (TPSA) is 76.7 Å². The fraction of sp³-hybridized carbons (Fsp3) is 0.158. The van der Waals surface area contributed by atoms with E-state index in [9.17, 15) is 14.7 Å². The second-order valence-electron chi connectivity index (χ2n) is 5.45. The number of benzene rings is 2. The van der Waals surface area contributed by atoms with Crippen LogP contribution in [0.5, 0.6) is 5.75 Å². The maximum Gasteiger partial charge on any atom is 0.341 e. The van der Waals surface area contributed by atoms with Gasteiger partial charge in [0, 0.05) is 16.7 Å². The fourth-order valence-electron chi connectivity index (χ4n) is 2.62. The maximum atomic E-state index is 12.6. The van der Waals surface area contributed by atoms with E-state index < -0.39 is 5.97 Å². The Morgan fingerprint density at radius 2 is 2.04 bits per heavy atom. The van der Waals surface area contributed by atoms with Gasteiger partial charge in [-0.1, -0.05) is 17.7 Å². The first-order valence-corrected chi connectivity index (χ1v) is 8.04. The highest BCUT2D eigenvalue weighted by Crippen LogP contribution is 2.35. The Bertz CT molecular complexity index is 1040. The molecule has 0 unspecified atom stereocenters. The molecule has 0 bridgehead atoms. The highest BCUT2D eigenvalue weighted by Gasteiger charge is 2.20. The van der Waals surface area contributed by atoms with Crippen molar-refractivity contribution in [2.45, 2.75) is 13.8 Å². The summed E-state index contributed by atoms with van der Waals surface area (Å²) in [5.41, 5.74) is 0.647. The summed E-state index contributed by atoms with van der Waals surface area (Å²) in [4.78, 5) is 24.6. The minimum atomic E-state index is -0.648. The molecule has 3 aromatic rings. The largest absolute Gasteiger partial charge is 0.506 e. The minimum Gasteiger partial charge on any atom is -0.506 e. The number of carbonyl (C=O) groups is 1. The third kappa shape index (κ3) is 2.98. The van der Waals surface area contributed by atoms with Gasteiger partial charge in [-0.2, -0.15) is 0 Å². The second-order valence-corrected chi connectivity index (χ2v) is 5.88. The molecule has 1 N–H and O–H groups in total. The van der Waals surface area contributed by atoms with Crippen LogP contribution in [0.25, 0.3) is 22.3 Å². The summed E-state index contributed by atoms with van der Waals surface area (Å²) in [5.74, 6) is -0.761. The van der Waals surface area contributed by atoms with E-state index in [2.05, 4.69) is 0 Å². The molecule has 3 rings (SSSR count). The number of ether oxygens (including phenoxy) is 1. The van der Waals surface area contributed by atoms with Crippen LogP contribution in [0.3, 0.4) is 0 Å². The van der Waals surface area contributed by atoms with Crippen LogP contribution < -0.4 is 5.43 Å². The quantitative estimate of drug-likeness (QED) is 0.706. The molecule has 0 saturated carbocycles. The summed E-state index contributed by atoms with van der Waals surface area (Å²) >= 11 is 5.97. The van der Waals surface area contributed by atoms with Crippen molar-refractivity contribution in [1.29, 1.82) is 0 Å². The van der Waals surface area contributed by atoms with Gasteiger partial charge in [-0.05, 0) is 38.1 Å². The van der Waals surface area contributed by atoms with E-state index >= 15 is 0 Å². The lowest BCUT2D eigenvalue weighted by Gasteiger charge is -2.11. The molecule has 0 aliphatic rings. The molecule has 2 aromatic carbocycles. The van der Waals surface area contributed by atoms with Crippen molar-refractivity contribution < 1.29 is 19.1 Å². The van der Waals surface area contributed by atoms with Crippen molar-refractivity contribution in [2.75, 3.05) is 6.61 Å². The van der Waals surface area contributed by atoms with E-state index in [-0.39, 0.29) is 34.7 Å². The molecule has 0 saturated heterocycles. The third-order valence-electron chi connectivity index (χ3n) is 3.86. The van der Waals surface area contributed by atoms with E-state index in [0.29, 0.717) is 21.6 Å². The SMILES string of the molecule is CCOC(=O)c1cccc(-c2oc3cc(Cl)ccc3c(=O)c2C)c1O. The Labute approximate surface area is 148 Å². The van der Waals surface area contributed by atoms with Crippen molar-refractivity contribution >= 4 is 28.5 Å². The number of para-hydroxylation sites is 1. The van der Waals surface area contributed by atoms with Gasteiger partial charge in [0.15, 0.2) is 5.43 Å². The number of rotatable bonds is 3. The lowest BCUT2D eigenvalue weighted by Crippen LogP contribution is -2.08. The van der Waals surface area contributed by atoms with Crippen molar-refractivity contribution in [3.05, 3.63) is 62.8 Å². The first-order chi connectivity index (χ1) is 11.9. The Morgan fingerprint density at radius 1 is 1.28 bits per heavy atom. The van der Waals surface area contributed by atoms with Gasteiger partial charge in [-0.25, -0.2) is 4.79 Å². The smallest absolute Gasteiger partial charge is 0.341 e. The summed E-state index contributed by atoms with van der Waals surface area (Å²) < 4.78 is 10.8. The van der Waals surface area contributed by atoms with Gasteiger partial charge < -0.3 is 14.3 Å². The van der Waals surface area contributed by atoms with Crippen molar-refractivity contribution in [3.63, 3.8) is 0 Å². The highest BCUT2D eigenvalue weighted by molar-refractivity contribution is 6.31. The molecule has 0 amide bonds. The maximum absolute atomic E-state index is 12.6. The zero-order valence-electron chi connectivity index (χ0n) is 13.6. The van der Waals surface area contributed by atoms with E-state index in [1.165, 1.54) is 12.1 Å². The Hall–Kier alpha value is -2.79. The highest BCUT2D eigenvalue weighted by atomic mass is 35.5. The second kappa shape index (κ2) is 6.61. The molecule has 5 nitrogen and oxygen atoms in total. The van der Waals surface area contributed by atoms with Gasteiger partial charge in [0.2, 0.25) is 0 Å². The first kappa shape index (κ1) is 17.0. The fourth-order valence-corrected chi connectivity index (χ4v) is 2.78. The van der Waals surface area contributed by atoms with Crippen LogP contribution in [0, 0.1) is 6.92 Å². The number of hydrogen-bond donors (Lipinski definition) is 1. The average molecular weight is 359 g/mol. The molecule has 128 valence electrons. The average Bonchev–Trinajstić information content (AvgIpc) is 2.58. The number of esters is 1. The van der Waals surface area contributed by atoms with E-state index in [1.54, 1.807) is 38.1 Å². The van der Waals surface area contributed by atoms with Crippen LogP contribution in [0.1, 0.15) is 22.8 Å². The summed E-state index contributed by atoms with van der Waals surface area (Å²) in [6, 6.07) is 9.34. The summed E-state index contributed by atoms with van der Waals surface area (Å²) in [6.07, 6.45) is 0. The molecule has 0 aliphatic heterocycles. The first-order valence-electron chi connectivity index (χ1n) is 7.66. The number of fused-ring (bicyclic) bond motifs is 1. The molecular formula is C19H15ClO5. The summed E-state index contributed by atoms with van der Waals surface area (Å²) in [5, 5.41) is 11.3. The number of halogens is 1. The van der Waals surface area contributed by atoms with Crippen LogP contribution in [0.4, 0.5) is 0 Å². The third-order valence-corrected chi connectivity index (χ3v) is 4.09. The molecule has 25 heavy (non-hydrogen) atoms. The lowest BCUT2D eigenvalue weighted by atomic mass is 10.0. The Kier molecular flexibility index (Phi) is 4.51. The predicted octanol–water partition coefficient (Wildman–Crippen LogP) is 4.30. The normalized spacial score (nSPS) is 10.8. The number of phenols is 1. The molecule has 6 heteroatoms. The Balaban J connectivity index is 2.27. The predicted molar refractivity (Wildman–Crippen MR) is 95.3 cm³/mol. The van der Waals surface area contributed by atoms with Crippen LogP contribution >= 0.6 is 11.6 Å². The van der Waals surface area contributed by atoms with Crippen molar-refractivity contribution in [1.82, 2.24) is 0 Å². The number of phenolic OH excluding ortho intramolecular Hbond substituents is 1. The number of aromatic hydroxyl groups is 1. The van der Waals surface area contributed by atoms with Crippen LogP contribution in [0.2, 0.25) is 5.02 Å².